The van der Waals surface area contributed by atoms with Crippen molar-refractivity contribution < 1.29 is 22.7 Å². The molecule has 1 N–H and O–H groups in total. The third kappa shape index (κ3) is 5.66. The van der Waals surface area contributed by atoms with Gasteiger partial charge in [0.1, 0.15) is 17.2 Å². The first-order chi connectivity index (χ1) is 18.7. The maximum atomic E-state index is 14.0. The van der Waals surface area contributed by atoms with E-state index in [9.17, 15) is 17.9 Å². The summed E-state index contributed by atoms with van der Waals surface area (Å²) in [6, 6.07) is 19.1. The predicted molar refractivity (Wildman–Crippen MR) is 151 cm³/mol. The van der Waals surface area contributed by atoms with Gasteiger partial charge in [0, 0.05) is 30.2 Å². The van der Waals surface area contributed by atoms with Crippen LogP contribution in [-0.2, 0) is 15.6 Å². The van der Waals surface area contributed by atoms with Crippen LogP contribution < -0.4 is 9.04 Å². The van der Waals surface area contributed by atoms with Crippen molar-refractivity contribution in [2.45, 2.75) is 61.1 Å². The first kappa shape index (κ1) is 27.9. The van der Waals surface area contributed by atoms with Crippen LogP contribution in [0.5, 0.6) is 5.75 Å². The quantitative estimate of drug-likeness (QED) is 0.377. The molecule has 0 amide bonds. The van der Waals surface area contributed by atoms with Gasteiger partial charge in [0.2, 0.25) is 0 Å². The van der Waals surface area contributed by atoms with Crippen molar-refractivity contribution in [3.63, 3.8) is 0 Å². The molecule has 3 aromatic carbocycles. The van der Waals surface area contributed by atoms with E-state index < -0.39 is 15.6 Å². The van der Waals surface area contributed by atoms with Crippen LogP contribution >= 0.6 is 11.6 Å². The first-order valence-electron chi connectivity index (χ1n) is 13.4. The minimum absolute atomic E-state index is 0.111. The van der Waals surface area contributed by atoms with Gasteiger partial charge in [-0.15, -0.1) is 0 Å². The zero-order valence-electron chi connectivity index (χ0n) is 22.0. The first-order valence-corrected chi connectivity index (χ1v) is 15.2. The molecular formula is C30H34ClFN2O4S. The van der Waals surface area contributed by atoms with Crippen LogP contribution in [0.1, 0.15) is 44.1 Å². The lowest BCUT2D eigenvalue weighted by Crippen LogP contribution is -2.57. The number of hydrogen-bond acceptors (Lipinski definition) is 5. The van der Waals surface area contributed by atoms with Gasteiger partial charge in [-0.2, -0.15) is 0 Å². The molecule has 1 saturated carbocycles. The molecule has 1 saturated heterocycles. The van der Waals surface area contributed by atoms with Crippen molar-refractivity contribution in [1.29, 1.82) is 0 Å². The third-order valence-corrected chi connectivity index (χ3v) is 10.3. The molecule has 0 radical (unpaired) electrons. The molecule has 3 aromatic rings. The normalized spacial score (nSPS) is 22.9. The fourth-order valence-corrected chi connectivity index (χ4v) is 7.96. The number of likely N-dealkylation sites (tertiary alicyclic amines) is 1. The second-order valence-corrected chi connectivity index (χ2v) is 12.7. The average Bonchev–Trinajstić information content (AvgIpc) is 2.95. The Morgan fingerprint density at radius 3 is 2.21 bits per heavy atom. The smallest absolute Gasteiger partial charge is 0.264 e. The fourth-order valence-electron chi connectivity index (χ4n) is 6.12. The number of benzene rings is 3. The molecule has 2 fully saturated rings. The van der Waals surface area contributed by atoms with Gasteiger partial charge in [0.05, 0.1) is 17.7 Å². The highest BCUT2D eigenvalue weighted by atomic mass is 35.5. The zero-order valence-corrected chi connectivity index (χ0v) is 23.5. The van der Waals surface area contributed by atoms with Gasteiger partial charge in [-0.3, -0.25) is 9.21 Å². The van der Waals surface area contributed by atoms with Gasteiger partial charge in [0.25, 0.3) is 10.0 Å². The van der Waals surface area contributed by atoms with E-state index >= 15 is 0 Å². The molecule has 39 heavy (non-hydrogen) atoms. The predicted octanol–water partition coefficient (Wildman–Crippen LogP) is 5.98. The van der Waals surface area contributed by atoms with Crippen LogP contribution in [0.4, 0.5) is 10.1 Å². The summed E-state index contributed by atoms with van der Waals surface area (Å²) in [4.78, 5) is 2.48. The second kappa shape index (κ2) is 11.5. The SMILES string of the molecule is COc1ccc(S(=O)(=O)N(c2ccc(Cl)cc2)C2CCN([C@@H]3CCCC[C@]3(O)c3ccc(F)cc3)CC2)cc1. The molecule has 208 valence electrons. The number of methoxy groups -OCH3 is 1. The largest absolute Gasteiger partial charge is 0.497 e. The minimum Gasteiger partial charge on any atom is -0.497 e. The van der Waals surface area contributed by atoms with E-state index in [1.165, 1.54) is 16.4 Å². The lowest BCUT2D eigenvalue weighted by Gasteiger charge is -2.49. The Balaban J connectivity index is 1.40. The van der Waals surface area contributed by atoms with E-state index in [2.05, 4.69) is 4.90 Å². The molecule has 0 aromatic heterocycles. The van der Waals surface area contributed by atoms with Crippen molar-refractivity contribution in [2.24, 2.45) is 0 Å². The summed E-state index contributed by atoms with van der Waals surface area (Å²) in [5.41, 5.74) is 0.235. The molecule has 6 nitrogen and oxygen atoms in total. The van der Waals surface area contributed by atoms with Gasteiger partial charge in [-0.1, -0.05) is 36.6 Å². The summed E-state index contributed by atoms with van der Waals surface area (Å²) in [6.07, 6.45) is 4.58. The summed E-state index contributed by atoms with van der Waals surface area (Å²) in [7, 11) is -2.33. The molecule has 1 aliphatic carbocycles. The number of ether oxygens (including phenoxy) is 1. The van der Waals surface area contributed by atoms with Gasteiger partial charge in [-0.25, -0.2) is 12.8 Å². The van der Waals surface area contributed by atoms with E-state index in [1.54, 1.807) is 67.8 Å². The lowest BCUT2D eigenvalue weighted by molar-refractivity contribution is -0.0849. The molecule has 0 spiro atoms. The number of rotatable bonds is 7. The molecule has 0 bridgehead atoms. The van der Waals surface area contributed by atoms with Gasteiger partial charge >= 0.3 is 0 Å². The summed E-state index contributed by atoms with van der Waals surface area (Å²) in [6.45, 7) is 1.28. The highest BCUT2D eigenvalue weighted by Gasteiger charge is 2.45. The molecular weight excluding hydrogens is 539 g/mol. The summed E-state index contributed by atoms with van der Waals surface area (Å²) in [5.74, 6) is 0.261. The Kier molecular flexibility index (Phi) is 8.19. The molecule has 1 aliphatic heterocycles. The van der Waals surface area contributed by atoms with Crippen LogP contribution in [0.25, 0.3) is 0 Å². The van der Waals surface area contributed by atoms with Crippen LogP contribution in [0.2, 0.25) is 5.02 Å². The molecule has 9 heteroatoms. The number of halogens is 2. The Morgan fingerprint density at radius 2 is 1.59 bits per heavy atom. The highest BCUT2D eigenvalue weighted by molar-refractivity contribution is 7.92. The second-order valence-electron chi connectivity index (χ2n) is 10.4. The summed E-state index contributed by atoms with van der Waals surface area (Å²) < 4.78 is 48.3. The lowest BCUT2D eigenvalue weighted by atomic mass is 9.74. The topological polar surface area (TPSA) is 70.1 Å². The molecule has 2 atom stereocenters. The van der Waals surface area contributed by atoms with E-state index in [0.717, 1.165) is 24.8 Å². The minimum atomic E-state index is -3.87. The number of hydrogen-bond donors (Lipinski definition) is 1. The molecule has 1 heterocycles. The van der Waals surface area contributed by atoms with Crippen LogP contribution in [0.15, 0.2) is 77.7 Å². The van der Waals surface area contributed by atoms with Gasteiger partial charge in [-0.05, 0) is 91.9 Å². The van der Waals surface area contributed by atoms with Crippen molar-refractivity contribution in [3.05, 3.63) is 89.2 Å². The maximum Gasteiger partial charge on any atom is 0.264 e. The standard InChI is InChI=1S/C30H34ClFN2O4S/c1-38-27-13-15-28(16-14-27)39(36,37)34(25-11-7-23(31)8-12-25)26-17-20-33(21-18-26)29-4-2-3-19-30(29,35)22-5-9-24(32)10-6-22/h5-16,26,29,35H,2-4,17-21H2,1H3/t29-,30+/m1/s1. The third-order valence-electron chi connectivity index (χ3n) is 8.15. The summed E-state index contributed by atoms with van der Waals surface area (Å²) >= 11 is 6.12. The van der Waals surface area contributed by atoms with Crippen LogP contribution in [-0.4, -0.2) is 50.7 Å². The van der Waals surface area contributed by atoms with E-state index in [0.29, 0.717) is 48.8 Å². The number of anilines is 1. The van der Waals surface area contributed by atoms with E-state index in [-0.39, 0.29) is 22.8 Å². The van der Waals surface area contributed by atoms with Crippen LogP contribution in [0, 0.1) is 5.82 Å². The van der Waals surface area contributed by atoms with Crippen molar-refractivity contribution >= 4 is 27.3 Å². The van der Waals surface area contributed by atoms with E-state index in [1.807, 2.05) is 0 Å². The molecule has 2 aliphatic rings. The summed E-state index contributed by atoms with van der Waals surface area (Å²) in [5, 5.41) is 12.4. The number of sulfonamides is 1. The maximum absolute atomic E-state index is 14.0. The number of aliphatic hydroxyl groups is 1. The molecule has 0 unspecified atom stereocenters. The highest BCUT2D eigenvalue weighted by Crippen LogP contribution is 2.42. The van der Waals surface area contributed by atoms with Gasteiger partial charge < -0.3 is 9.84 Å². The monoisotopic (exact) mass is 572 g/mol. The Bertz CT molecular complexity index is 1360. The van der Waals surface area contributed by atoms with Crippen molar-refractivity contribution in [1.82, 2.24) is 4.90 Å². The number of piperidine rings is 1. The van der Waals surface area contributed by atoms with Gasteiger partial charge in [0.15, 0.2) is 0 Å². The van der Waals surface area contributed by atoms with Crippen LogP contribution in [0.3, 0.4) is 0 Å². The fraction of sp³-hybridized carbons (Fsp3) is 0.400. The zero-order chi connectivity index (χ0) is 27.6. The van der Waals surface area contributed by atoms with Crippen molar-refractivity contribution in [3.8, 4) is 5.75 Å². The Hall–Kier alpha value is -2.65. The number of nitrogens with zero attached hydrogens (tertiary/aromatic N) is 2. The Labute approximate surface area is 235 Å². The average molecular weight is 573 g/mol. The van der Waals surface area contributed by atoms with E-state index in [4.69, 9.17) is 16.3 Å². The van der Waals surface area contributed by atoms with Crippen molar-refractivity contribution in [2.75, 3.05) is 24.5 Å². The molecule has 5 rings (SSSR count). The Morgan fingerprint density at radius 1 is 0.949 bits per heavy atom.